The standard InChI is InChI=1S/C31H28F7N5O5/c1-3-5-16-29(31(36,37)38,48-18-19-10-7-6-8-11-19)28(45)42(39)27(44)25-24(43(46)47)17-22(30(33,34)35)26(41-25)40-23(9-4-2)20-12-14-21(32)15-13-20/h3-4,6-8,10-15,17,23H,1-2,5,9,16,18,39H2,(H,40,41)/t23?,29-/m1/s1. The van der Waals surface area contributed by atoms with Gasteiger partial charge in [0.2, 0.25) is 11.3 Å². The Bertz CT molecular complexity index is 1650. The van der Waals surface area contributed by atoms with Crippen LogP contribution >= 0.6 is 0 Å². The number of carbonyl (C=O) groups is 2. The van der Waals surface area contributed by atoms with Gasteiger partial charge in [-0.2, -0.15) is 26.3 Å². The number of aromatic nitrogens is 1. The molecule has 0 aliphatic carbocycles. The minimum atomic E-state index is -5.53. The molecule has 1 unspecified atom stereocenters. The van der Waals surface area contributed by atoms with Crippen molar-refractivity contribution in [3.63, 3.8) is 0 Å². The number of amides is 2. The summed E-state index contributed by atoms with van der Waals surface area (Å²) in [5, 5.41) is 13.6. The third kappa shape index (κ3) is 8.40. The number of hydrazine groups is 1. The normalized spacial score (nSPS) is 13.6. The van der Waals surface area contributed by atoms with Gasteiger partial charge in [0, 0.05) is 6.07 Å². The number of nitrogens with zero attached hydrogens (tertiary/aromatic N) is 3. The summed E-state index contributed by atoms with van der Waals surface area (Å²) in [7, 11) is 0. The third-order valence-corrected chi connectivity index (χ3v) is 6.96. The van der Waals surface area contributed by atoms with E-state index in [0.29, 0.717) is 0 Å². The van der Waals surface area contributed by atoms with E-state index >= 15 is 0 Å². The lowest BCUT2D eigenvalue weighted by atomic mass is 9.94. The lowest BCUT2D eigenvalue weighted by molar-refractivity contribution is -0.385. The van der Waals surface area contributed by atoms with Crippen LogP contribution in [-0.4, -0.2) is 38.5 Å². The van der Waals surface area contributed by atoms with Gasteiger partial charge < -0.3 is 10.1 Å². The van der Waals surface area contributed by atoms with Crippen LogP contribution in [0.3, 0.4) is 0 Å². The number of anilines is 1. The largest absolute Gasteiger partial charge is 0.426 e. The van der Waals surface area contributed by atoms with Gasteiger partial charge in [0.1, 0.15) is 17.2 Å². The highest BCUT2D eigenvalue weighted by atomic mass is 19.4. The van der Waals surface area contributed by atoms with Crippen LogP contribution in [0, 0.1) is 15.9 Å². The molecule has 3 aromatic rings. The van der Waals surface area contributed by atoms with Crippen LogP contribution < -0.4 is 11.2 Å². The van der Waals surface area contributed by atoms with Crippen molar-refractivity contribution >= 4 is 23.3 Å². The first-order valence-corrected chi connectivity index (χ1v) is 13.9. The molecule has 0 bridgehead atoms. The van der Waals surface area contributed by atoms with Gasteiger partial charge in [-0.3, -0.25) is 19.7 Å². The van der Waals surface area contributed by atoms with Gasteiger partial charge in [-0.05, 0) is 42.5 Å². The molecule has 2 aromatic carbocycles. The second-order valence-corrected chi connectivity index (χ2v) is 10.2. The van der Waals surface area contributed by atoms with Gasteiger partial charge in [-0.25, -0.2) is 20.2 Å². The Morgan fingerprint density at radius 2 is 1.67 bits per heavy atom. The first kappa shape index (κ1) is 37.3. The van der Waals surface area contributed by atoms with E-state index < -0.39 is 93.8 Å². The van der Waals surface area contributed by atoms with Crippen molar-refractivity contribution in [2.45, 2.75) is 49.9 Å². The second-order valence-electron chi connectivity index (χ2n) is 10.2. The smallest absolute Gasteiger partial charge is 0.362 e. The maximum absolute atomic E-state index is 14.7. The lowest BCUT2D eigenvalue weighted by Gasteiger charge is -2.36. The van der Waals surface area contributed by atoms with E-state index in [1.165, 1.54) is 42.5 Å². The molecule has 2 atom stereocenters. The van der Waals surface area contributed by atoms with Crippen molar-refractivity contribution in [2.75, 3.05) is 5.32 Å². The van der Waals surface area contributed by atoms with Gasteiger partial charge in [-0.15, -0.1) is 13.2 Å². The van der Waals surface area contributed by atoms with E-state index in [-0.39, 0.29) is 23.6 Å². The molecule has 48 heavy (non-hydrogen) atoms. The van der Waals surface area contributed by atoms with Crippen LogP contribution in [0.25, 0.3) is 0 Å². The van der Waals surface area contributed by atoms with Crippen molar-refractivity contribution in [1.29, 1.82) is 0 Å². The van der Waals surface area contributed by atoms with E-state index in [4.69, 9.17) is 10.6 Å². The van der Waals surface area contributed by atoms with Gasteiger partial charge in [0.05, 0.1) is 17.6 Å². The molecule has 2 amide bonds. The number of carbonyl (C=O) groups excluding carboxylic acids is 2. The van der Waals surface area contributed by atoms with Crippen molar-refractivity contribution in [2.24, 2.45) is 5.84 Å². The molecule has 1 aromatic heterocycles. The third-order valence-electron chi connectivity index (χ3n) is 6.96. The molecule has 3 N–H and O–H groups in total. The van der Waals surface area contributed by atoms with Crippen LogP contribution in [0.15, 0.2) is 86.0 Å². The Morgan fingerprint density at radius 3 is 2.19 bits per heavy atom. The highest BCUT2D eigenvalue weighted by molar-refractivity contribution is 6.08. The highest BCUT2D eigenvalue weighted by Crippen LogP contribution is 2.42. The summed E-state index contributed by atoms with van der Waals surface area (Å²) in [5.41, 5.74) is -8.25. The molecule has 0 radical (unpaired) electrons. The second kappa shape index (κ2) is 15.2. The van der Waals surface area contributed by atoms with Crippen molar-refractivity contribution in [1.82, 2.24) is 9.99 Å². The molecule has 0 aliphatic heterocycles. The zero-order valence-corrected chi connectivity index (χ0v) is 24.9. The number of allylic oxidation sites excluding steroid dienone is 1. The summed E-state index contributed by atoms with van der Waals surface area (Å²) in [6, 6.07) is 10.6. The van der Waals surface area contributed by atoms with E-state index in [1.807, 2.05) is 0 Å². The number of halogens is 7. The fraction of sp³-hybridized carbons (Fsp3) is 0.258. The average molecular weight is 684 g/mol. The molecule has 0 aliphatic rings. The molecular weight excluding hydrogens is 655 g/mol. The quantitative estimate of drug-likeness (QED) is 0.0454. The molecule has 10 nitrogen and oxygen atoms in total. The van der Waals surface area contributed by atoms with Gasteiger partial charge in [-0.1, -0.05) is 54.6 Å². The maximum Gasteiger partial charge on any atom is 0.426 e. The van der Waals surface area contributed by atoms with Crippen LogP contribution in [-0.2, 0) is 22.3 Å². The molecule has 3 rings (SSSR count). The Morgan fingerprint density at radius 1 is 1.04 bits per heavy atom. The van der Waals surface area contributed by atoms with E-state index in [0.717, 1.165) is 18.2 Å². The monoisotopic (exact) mass is 683 g/mol. The molecule has 0 saturated heterocycles. The Labute approximate surface area is 268 Å². The number of nitrogens with two attached hydrogens (primary N) is 1. The number of hydrogen-bond acceptors (Lipinski definition) is 8. The van der Waals surface area contributed by atoms with E-state index in [2.05, 4.69) is 23.5 Å². The number of nitro groups is 1. The molecule has 0 saturated carbocycles. The minimum absolute atomic E-state index is 0.0723. The number of ether oxygens (including phenoxy) is 1. The number of rotatable bonds is 14. The van der Waals surface area contributed by atoms with Gasteiger partial charge in [0.25, 0.3) is 5.91 Å². The molecule has 1 heterocycles. The summed E-state index contributed by atoms with van der Waals surface area (Å²) in [4.78, 5) is 40.9. The number of hydrogen-bond donors (Lipinski definition) is 2. The average Bonchev–Trinajstić information content (AvgIpc) is 3.03. The number of benzene rings is 2. The van der Waals surface area contributed by atoms with Crippen LogP contribution in [0.1, 0.15) is 52.5 Å². The van der Waals surface area contributed by atoms with Crippen molar-refractivity contribution in [3.05, 3.63) is 124 Å². The minimum Gasteiger partial charge on any atom is -0.362 e. The molecular formula is C31H28F7N5O5. The van der Waals surface area contributed by atoms with Crippen LogP contribution in [0.2, 0.25) is 0 Å². The van der Waals surface area contributed by atoms with Crippen molar-refractivity contribution in [3.8, 4) is 0 Å². The Kier molecular flexibility index (Phi) is 11.8. The Hall–Kier alpha value is -5.16. The molecule has 0 spiro atoms. The topological polar surface area (TPSA) is 141 Å². The number of alkyl halides is 6. The maximum atomic E-state index is 14.7. The van der Waals surface area contributed by atoms with Gasteiger partial charge in [0.15, 0.2) is 0 Å². The fourth-order valence-corrected chi connectivity index (χ4v) is 4.50. The Balaban J connectivity index is 2.16. The SMILES string of the molecule is C=CCC[C@@](OCc1ccccc1)(C(=O)N(N)C(=O)c1nc(NC(CC=C)c2ccc(F)cc2)c(C(F)(F)F)cc1[N+](=O)[O-])C(F)(F)F. The van der Waals surface area contributed by atoms with Crippen LogP contribution in [0.5, 0.6) is 0 Å². The fourth-order valence-electron chi connectivity index (χ4n) is 4.50. The zero-order chi connectivity index (χ0) is 35.9. The van der Waals surface area contributed by atoms with Crippen LogP contribution in [0.4, 0.5) is 42.2 Å². The molecule has 0 fully saturated rings. The number of nitrogens with one attached hydrogen (secondary N) is 1. The number of imide groups is 1. The predicted octanol–water partition coefficient (Wildman–Crippen LogP) is 7.20. The van der Waals surface area contributed by atoms with E-state index in [9.17, 15) is 50.4 Å². The van der Waals surface area contributed by atoms with E-state index in [1.54, 1.807) is 6.07 Å². The first-order valence-electron chi connectivity index (χ1n) is 13.9. The summed E-state index contributed by atoms with van der Waals surface area (Å²) >= 11 is 0. The first-order chi connectivity index (χ1) is 22.5. The summed E-state index contributed by atoms with van der Waals surface area (Å²) < 4.78 is 105. The summed E-state index contributed by atoms with van der Waals surface area (Å²) in [6.45, 7) is 6.04. The highest BCUT2D eigenvalue weighted by Gasteiger charge is 2.63. The lowest BCUT2D eigenvalue weighted by Crippen LogP contribution is -2.62. The predicted molar refractivity (Wildman–Crippen MR) is 158 cm³/mol. The summed E-state index contributed by atoms with van der Waals surface area (Å²) in [6.07, 6.45) is -10.3. The molecule has 256 valence electrons. The molecule has 17 heteroatoms. The zero-order valence-electron chi connectivity index (χ0n) is 24.9. The van der Waals surface area contributed by atoms with Crippen molar-refractivity contribution < 1.29 is 50.0 Å². The number of pyridine rings is 1. The summed E-state index contributed by atoms with van der Waals surface area (Å²) in [5.74, 6) is -0.524. The van der Waals surface area contributed by atoms with Gasteiger partial charge >= 0.3 is 23.9 Å².